The lowest BCUT2D eigenvalue weighted by molar-refractivity contribution is -0.892. The zero-order valence-electron chi connectivity index (χ0n) is 14.3. The first-order valence-electron chi connectivity index (χ1n) is 8.78. The maximum atomic E-state index is 13.5. The second-order valence-electron chi connectivity index (χ2n) is 6.35. The van der Waals surface area contributed by atoms with Gasteiger partial charge in [0.05, 0.1) is 6.20 Å². The molecule has 0 aliphatic carbocycles. The minimum Gasteiger partial charge on any atom is -0.351 e. The minimum absolute atomic E-state index is 0.0334. The van der Waals surface area contributed by atoms with Crippen molar-refractivity contribution in [3.63, 3.8) is 0 Å². The quantitative estimate of drug-likeness (QED) is 0.756. The van der Waals surface area contributed by atoms with Gasteiger partial charge in [-0.25, -0.2) is 9.37 Å². The molecule has 5 nitrogen and oxygen atoms in total. The fraction of sp³-hybridized carbons (Fsp3) is 0.368. The Labute approximate surface area is 147 Å². The fourth-order valence-corrected chi connectivity index (χ4v) is 3.15. The molecule has 0 bridgehead atoms. The van der Waals surface area contributed by atoms with E-state index in [1.54, 1.807) is 12.1 Å². The molecule has 0 saturated carbocycles. The molecule has 2 aromatic rings. The molecular weight excluding hydrogens is 319 g/mol. The average Bonchev–Trinajstić information content (AvgIpc) is 2.65. The van der Waals surface area contributed by atoms with E-state index in [0.717, 1.165) is 32.0 Å². The molecule has 2 heterocycles. The van der Waals surface area contributed by atoms with Crippen molar-refractivity contribution in [2.24, 2.45) is 0 Å². The molecule has 1 aromatic heterocycles. The van der Waals surface area contributed by atoms with Gasteiger partial charge in [-0.15, -0.1) is 0 Å². The number of nitrogens with one attached hydrogen (secondary N) is 3. The van der Waals surface area contributed by atoms with Crippen molar-refractivity contribution in [1.29, 1.82) is 0 Å². The molecule has 0 spiro atoms. The topological polar surface area (TPSA) is 50.9 Å². The average molecular weight is 344 g/mol. The van der Waals surface area contributed by atoms with Gasteiger partial charge in [-0.05, 0) is 24.1 Å². The van der Waals surface area contributed by atoms with E-state index in [9.17, 15) is 9.18 Å². The molecule has 25 heavy (non-hydrogen) atoms. The molecule has 1 saturated heterocycles. The predicted molar refractivity (Wildman–Crippen MR) is 93.9 cm³/mol. The SMILES string of the molecule is O=C(C[NH+]1CCN(c2cccc[nH+]2)CC1)NCCc1ccccc1F. The monoisotopic (exact) mass is 344 g/mol. The molecule has 0 radical (unpaired) electrons. The molecule has 3 rings (SSSR count). The van der Waals surface area contributed by atoms with E-state index in [4.69, 9.17) is 0 Å². The number of amides is 1. The molecule has 1 aliphatic heterocycles. The van der Waals surface area contributed by atoms with Crippen molar-refractivity contribution in [1.82, 2.24) is 5.32 Å². The third kappa shape index (κ3) is 5.00. The van der Waals surface area contributed by atoms with Crippen LogP contribution in [0.2, 0.25) is 0 Å². The van der Waals surface area contributed by atoms with Gasteiger partial charge in [0.2, 0.25) is 0 Å². The lowest BCUT2D eigenvalue weighted by Gasteiger charge is -2.27. The lowest BCUT2D eigenvalue weighted by atomic mass is 10.1. The number of pyridine rings is 1. The largest absolute Gasteiger partial charge is 0.351 e. The molecule has 1 amide bonds. The highest BCUT2D eigenvalue weighted by atomic mass is 19.1. The standard InChI is InChI=1S/C19H23FN4O/c20-17-6-2-1-5-16(17)8-10-22-19(25)15-23-11-13-24(14-12-23)18-7-3-4-9-21-18/h1-7,9H,8,10-15H2,(H,22,25)/p+2. The number of nitrogens with zero attached hydrogens (tertiary/aromatic N) is 1. The Kier molecular flexibility index (Phi) is 5.95. The summed E-state index contributed by atoms with van der Waals surface area (Å²) in [5, 5.41) is 2.90. The first kappa shape index (κ1) is 17.4. The number of anilines is 1. The van der Waals surface area contributed by atoms with Gasteiger partial charge in [0.15, 0.2) is 6.54 Å². The summed E-state index contributed by atoms with van der Waals surface area (Å²) in [7, 11) is 0. The Morgan fingerprint density at radius 2 is 1.92 bits per heavy atom. The van der Waals surface area contributed by atoms with Crippen molar-refractivity contribution in [2.75, 3.05) is 44.2 Å². The molecular formula is C19H25FN4O+2. The number of aromatic amines is 1. The number of piperazine rings is 1. The number of quaternary nitrogens is 1. The van der Waals surface area contributed by atoms with Gasteiger partial charge in [-0.1, -0.05) is 24.3 Å². The van der Waals surface area contributed by atoms with Crippen molar-refractivity contribution >= 4 is 11.7 Å². The van der Waals surface area contributed by atoms with Crippen LogP contribution < -0.4 is 20.1 Å². The summed E-state index contributed by atoms with van der Waals surface area (Å²) in [4.78, 5) is 18.9. The summed E-state index contributed by atoms with van der Waals surface area (Å²) in [5.41, 5.74) is 0.642. The van der Waals surface area contributed by atoms with Crippen LogP contribution in [0.3, 0.4) is 0 Å². The summed E-state index contributed by atoms with van der Waals surface area (Å²) in [6.45, 7) is 4.67. The van der Waals surface area contributed by atoms with Crippen LogP contribution in [0.25, 0.3) is 0 Å². The molecule has 0 unspecified atom stereocenters. The lowest BCUT2D eigenvalue weighted by Crippen LogP contribution is -3.16. The normalized spacial score (nSPS) is 15.2. The second-order valence-corrected chi connectivity index (χ2v) is 6.35. The maximum absolute atomic E-state index is 13.5. The Balaban J connectivity index is 1.37. The molecule has 0 atom stereocenters. The van der Waals surface area contributed by atoms with Crippen molar-refractivity contribution in [3.8, 4) is 0 Å². The van der Waals surface area contributed by atoms with Gasteiger partial charge < -0.3 is 10.2 Å². The minimum atomic E-state index is -0.212. The van der Waals surface area contributed by atoms with E-state index < -0.39 is 0 Å². The van der Waals surface area contributed by atoms with Crippen LogP contribution in [-0.2, 0) is 11.2 Å². The first-order chi connectivity index (χ1) is 12.2. The van der Waals surface area contributed by atoms with Crippen LogP contribution >= 0.6 is 0 Å². The summed E-state index contributed by atoms with van der Waals surface area (Å²) in [6.07, 6.45) is 2.45. The smallest absolute Gasteiger partial charge is 0.275 e. The molecule has 1 fully saturated rings. The number of hydrogen-bond donors (Lipinski definition) is 2. The molecule has 6 heteroatoms. The van der Waals surface area contributed by atoms with Crippen LogP contribution in [0.1, 0.15) is 5.56 Å². The highest BCUT2D eigenvalue weighted by Gasteiger charge is 2.26. The van der Waals surface area contributed by atoms with Gasteiger partial charge >= 0.3 is 0 Å². The molecule has 3 N–H and O–H groups in total. The van der Waals surface area contributed by atoms with E-state index >= 15 is 0 Å². The third-order valence-electron chi connectivity index (χ3n) is 4.59. The van der Waals surface area contributed by atoms with E-state index in [0.29, 0.717) is 25.1 Å². The zero-order chi connectivity index (χ0) is 17.5. The molecule has 1 aliphatic rings. The maximum Gasteiger partial charge on any atom is 0.275 e. The number of carbonyl (C=O) groups excluding carboxylic acids is 1. The van der Waals surface area contributed by atoms with Gasteiger partial charge in [0, 0.05) is 12.6 Å². The van der Waals surface area contributed by atoms with Gasteiger partial charge in [0.25, 0.3) is 11.7 Å². The number of aromatic nitrogens is 1. The Morgan fingerprint density at radius 3 is 2.64 bits per heavy atom. The Hall–Kier alpha value is -2.47. The first-order valence-corrected chi connectivity index (χ1v) is 8.78. The van der Waals surface area contributed by atoms with E-state index in [1.165, 1.54) is 11.0 Å². The Morgan fingerprint density at radius 1 is 1.16 bits per heavy atom. The molecule has 1 aromatic carbocycles. The van der Waals surface area contributed by atoms with Crippen LogP contribution in [0.4, 0.5) is 10.2 Å². The summed E-state index contributed by atoms with van der Waals surface area (Å²) >= 11 is 0. The van der Waals surface area contributed by atoms with Gasteiger partial charge in [-0.3, -0.25) is 9.69 Å². The number of rotatable bonds is 6. The number of carbonyl (C=O) groups is 1. The van der Waals surface area contributed by atoms with E-state index in [1.807, 2.05) is 24.4 Å². The third-order valence-corrected chi connectivity index (χ3v) is 4.59. The summed E-state index contributed by atoms with van der Waals surface area (Å²) < 4.78 is 13.5. The van der Waals surface area contributed by atoms with Crippen molar-refractivity contribution in [3.05, 3.63) is 60.0 Å². The van der Waals surface area contributed by atoms with Crippen LogP contribution in [0, 0.1) is 5.82 Å². The van der Waals surface area contributed by atoms with Gasteiger partial charge in [-0.2, -0.15) is 0 Å². The number of H-pyrrole nitrogens is 1. The van der Waals surface area contributed by atoms with Crippen molar-refractivity contribution in [2.45, 2.75) is 6.42 Å². The predicted octanol–water partition coefficient (Wildman–Crippen LogP) is -0.296. The zero-order valence-corrected chi connectivity index (χ0v) is 14.3. The number of hydrogen-bond acceptors (Lipinski definition) is 2. The van der Waals surface area contributed by atoms with Crippen molar-refractivity contribution < 1.29 is 19.1 Å². The summed E-state index contributed by atoms with van der Waals surface area (Å²) in [6, 6.07) is 12.8. The van der Waals surface area contributed by atoms with E-state index in [-0.39, 0.29) is 11.7 Å². The van der Waals surface area contributed by atoms with Crippen LogP contribution in [0.5, 0.6) is 0 Å². The Bertz CT molecular complexity index is 687. The van der Waals surface area contributed by atoms with Crippen LogP contribution in [0.15, 0.2) is 48.7 Å². The van der Waals surface area contributed by atoms with Crippen LogP contribution in [-0.4, -0.2) is 45.2 Å². The fourth-order valence-electron chi connectivity index (χ4n) is 3.15. The molecule has 132 valence electrons. The highest BCUT2D eigenvalue weighted by Crippen LogP contribution is 2.06. The number of halogens is 1. The number of benzene rings is 1. The highest BCUT2D eigenvalue weighted by molar-refractivity contribution is 5.76. The van der Waals surface area contributed by atoms with Gasteiger partial charge in [0.1, 0.15) is 32.0 Å². The summed E-state index contributed by atoms with van der Waals surface area (Å²) in [5.74, 6) is 0.943. The second kappa shape index (κ2) is 8.58. The van der Waals surface area contributed by atoms with E-state index in [2.05, 4.69) is 21.3 Å².